The molecule has 29 heavy (non-hydrogen) atoms. The van der Waals surface area contributed by atoms with Crippen molar-refractivity contribution in [3.63, 3.8) is 0 Å². The van der Waals surface area contributed by atoms with Crippen molar-refractivity contribution in [3.05, 3.63) is 0 Å². The molecule has 0 aliphatic heterocycles. The lowest BCUT2D eigenvalue weighted by atomic mass is 10.2. The summed E-state index contributed by atoms with van der Waals surface area (Å²) < 4.78 is 33.8. The number of hydrogen-bond donors (Lipinski definition) is 1. The fourth-order valence-electron chi connectivity index (χ4n) is 2.35. The predicted molar refractivity (Wildman–Crippen MR) is 114 cm³/mol. The Morgan fingerprint density at radius 2 is 1.59 bits per heavy atom. The molecular formula is C20H43NO7P+. The summed E-state index contributed by atoms with van der Waals surface area (Å²) in [5.74, 6) is -0.288. The molecule has 0 bridgehead atoms. The highest BCUT2D eigenvalue weighted by atomic mass is 31.2. The van der Waals surface area contributed by atoms with Gasteiger partial charge in [0.05, 0.1) is 27.7 Å². The molecule has 0 radical (unpaired) electrons. The van der Waals surface area contributed by atoms with Gasteiger partial charge in [0, 0.05) is 13.0 Å². The minimum atomic E-state index is -4.18. The summed E-state index contributed by atoms with van der Waals surface area (Å²) in [4.78, 5) is 21.7. The van der Waals surface area contributed by atoms with E-state index in [1.165, 1.54) is 0 Å². The van der Waals surface area contributed by atoms with Crippen molar-refractivity contribution < 1.29 is 37.3 Å². The van der Waals surface area contributed by atoms with Gasteiger partial charge in [-0.1, -0.05) is 46.0 Å². The molecule has 8 nitrogen and oxygen atoms in total. The molecule has 0 rings (SSSR count). The second-order valence-electron chi connectivity index (χ2n) is 8.31. The third kappa shape index (κ3) is 19.2. The van der Waals surface area contributed by atoms with Crippen LogP contribution in [0.2, 0.25) is 0 Å². The Bertz CT molecular complexity index is 468. The first kappa shape index (κ1) is 28.5. The van der Waals surface area contributed by atoms with Gasteiger partial charge in [-0.25, -0.2) is 4.57 Å². The van der Waals surface area contributed by atoms with Gasteiger partial charge < -0.3 is 18.9 Å². The molecule has 0 fully saturated rings. The van der Waals surface area contributed by atoms with Gasteiger partial charge in [0.2, 0.25) is 0 Å². The number of carbonyl (C=O) groups excluding carboxylic acids is 1. The number of likely N-dealkylation sites (N-methyl/N-ethyl adjacent to an activating group) is 1. The van der Waals surface area contributed by atoms with Crippen LogP contribution in [-0.4, -0.2) is 75.6 Å². The maximum absolute atomic E-state index is 12.1. The van der Waals surface area contributed by atoms with Crippen molar-refractivity contribution >= 4 is 13.8 Å². The van der Waals surface area contributed by atoms with Crippen LogP contribution in [-0.2, 0) is 27.9 Å². The van der Waals surface area contributed by atoms with E-state index >= 15 is 0 Å². The smallest absolute Gasteiger partial charge is 0.463 e. The summed E-state index contributed by atoms with van der Waals surface area (Å²) >= 11 is 0. The fourth-order valence-corrected chi connectivity index (χ4v) is 3.09. The molecule has 0 aromatic rings. The zero-order valence-corrected chi connectivity index (χ0v) is 20.0. The maximum Gasteiger partial charge on any atom is 0.472 e. The number of unbranched alkanes of at least 4 members (excludes halogenated alkanes) is 5. The minimum absolute atomic E-state index is 0.00236. The third-order valence-corrected chi connectivity index (χ3v) is 5.19. The average molecular weight is 441 g/mol. The molecule has 0 saturated heterocycles. The summed E-state index contributed by atoms with van der Waals surface area (Å²) in [6.45, 7) is 5.19. The summed E-state index contributed by atoms with van der Waals surface area (Å²) in [6, 6.07) is 0. The Morgan fingerprint density at radius 1 is 0.931 bits per heavy atom. The Hall–Kier alpha value is -0.500. The van der Waals surface area contributed by atoms with Crippen LogP contribution >= 0.6 is 7.82 Å². The topological polar surface area (TPSA) is 91.3 Å². The highest BCUT2D eigenvalue weighted by molar-refractivity contribution is 7.47. The Labute approximate surface area is 177 Å². The Morgan fingerprint density at radius 3 is 2.21 bits per heavy atom. The third-order valence-electron chi connectivity index (χ3n) is 4.21. The normalized spacial score (nSPS) is 15.1. The second-order valence-corrected chi connectivity index (χ2v) is 9.76. The largest absolute Gasteiger partial charge is 0.472 e. The SMILES string of the molecule is CCCCCCOC(COC(=O)CCCCC)COP(=O)(O)OCC[N+](C)(C)C. The van der Waals surface area contributed by atoms with E-state index in [2.05, 4.69) is 13.8 Å². The number of phosphoric ester groups is 1. The molecule has 1 N–H and O–H groups in total. The molecule has 2 atom stereocenters. The van der Waals surface area contributed by atoms with Gasteiger partial charge >= 0.3 is 13.8 Å². The van der Waals surface area contributed by atoms with Crippen molar-refractivity contribution in [1.29, 1.82) is 0 Å². The lowest BCUT2D eigenvalue weighted by Gasteiger charge is -2.24. The van der Waals surface area contributed by atoms with Crippen LogP contribution < -0.4 is 0 Å². The number of ether oxygens (including phenoxy) is 2. The molecule has 2 unspecified atom stereocenters. The van der Waals surface area contributed by atoms with E-state index in [-0.39, 0.29) is 25.8 Å². The summed E-state index contributed by atoms with van der Waals surface area (Å²) in [5, 5.41) is 0. The van der Waals surface area contributed by atoms with E-state index in [0.717, 1.165) is 44.9 Å². The highest BCUT2D eigenvalue weighted by Gasteiger charge is 2.25. The summed E-state index contributed by atoms with van der Waals surface area (Å²) in [5.41, 5.74) is 0. The van der Waals surface area contributed by atoms with Gasteiger partial charge in [0.1, 0.15) is 25.9 Å². The van der Waals surface area contributed by atoms with Crippen LogP contribution in [0.5, 0.6) is 0 Å². The molecule has 9 heteroatoms. The standard InChI is InChI=1S/C20H42NO7P/c1-6-8-10-12-15-25-19(17-26-20(22)13-11-9-7-2)18-28-29(23,24)27-16-14-21(3,4)5/h19H,6-18H2,1-5H3/p+1. The van der Waals surface area contributed by atoms with E-state index in [9.17, 15) is 14.3 Å². The number of nitrogens with zero attached hydrogens (tertiary/aromatic N) is 1. The molecule has 0 aromatic heterocycles. The molecule has 0 aliphatic rings. The zero-order valence-electron chi connectivity index (χ0n) is 19.1. The Kier molecular flexibility index (Phi) is 15.9. The minimum Gasteiger partial charge on any atom is -0.463 e. The average Bonchev–Trinajstić information content (AvgIpc) is 2.62. The van der Waals surface area contributed by atoms with Gasteiger partial charge in [0.15, 0.2) is 0 Å². The molecular weight excluding hydrogens is 397 g/mol. The first-order valence-electron chi connectivity index (χ1n) is 10.8. The molecule has 174 valence electrons. The number of rotatable bonds is 19. The van der Waals surface area contributed by atoms with Crippen molar-refractivity contribution in [2.75, 3.05) is 54.1 Å². The van der Waals surface area contributed by atoms with Crippen molar-refractivity contribution in [2.24, 2.45) is 0 Å². The lowest BCUT2D eigenvalue weighted by molar-refractivity contribution is -0.870. The second kappa shape index (κ2) is 16.2. The van der Waals surface area contributed by atoms with E-state index in [0.29, 0.717) is 24.1 Å². The number of phosphoric acid groups is 1. The van der Waals surface area contributed by atoms with E-state index < -0.39 is 13.9 Å². The van der Waals surface area contributed by atoms with Crippen molar-refractivity contribution in [1.82, 2.24) is 0 Å². The van der Waals surface area contributed by atoms with Crippen LogP contribution in [0.3, 0.4) is 0 Å². The summed E-state index contributed by atoms with van der Waals surface area (Å²) in [6.07, 6.45) is 6.75. The van der Waals surface area contributed by atoms with Gasteiger partial charge in [-0.05, 0) is 12.8 Å². The maximum atomic E-state index is 12.1. The Balaban J connectivity index is 4.43. The molecule has 0 heterocycles. The van der Waals surface area contributed by atoms with E-state index in [1.807, 2.05) is 21.1 Å². The number of esters is 1. The monoisotopic (exact) mass is 440 g/mol. The van der Waals surface area contributed by atoms with Crippen LogP contribution in [0, 0.1) is 0 Å². The first-order chi connectivity index (χ1) is 13.6. The van der Waals surface area contributed by atoms with Crippen LogP contribution in [0.4, 0.5) is 0 Å². The molecule has 0 aromatic carbocycles. The lowest BCUT2D eigenvalue weighted by Crippen LogP contribution is -2.37. The first-order valence-corrected chi connectivity index (χ1v) is 12.3. The van der Waals surface area contributed by atoms with E-state index in [4.69, 9.17) is 18.5 Å². The predicted octanol–water partition coefficient (Wildman–Crippen LogP) is 3.92. The number of quaternary nitrogens is 1. The highest BCUT2D eigenvalue weighted by Crippen LogP contribution is 2.43. The van der Waals surface area contributed by atoms with Crippen LogP contribution in [0.15, 0.2) is 0 Å². The van der Waals surface area contributed by atoms with Gasteiger partial charge in [0.25, 0.3) is 0 Å². The number of carbonyl (C=O) groups is 1. The van der Waals surface area contributed by atoms with Gasteiger partial charge in [-0.15, -0.1) is 0 Å². The van der Waals surface area contributed by atoms with Crippen LogP contribution in [0.25, 0.3) is 0 Å². The van der Waals surface area contributed by atoms with Crippen molar-refractivity contribution in [3.8, 4) is 0 Å². The van der Waals surface area contributed by atoms with Gasteiger partial charge in [-0.2, -0.15) is 0 Å². The quantitative estimate of drug-likeness (QED) is 0.141. The number of hydrogen-bond acceptors (Lipinski definition) is 6. The summed E-state index contributed by atoms with van der Waals surface area (Å²) in [7, 11) is 1.70. The molecule has 0 spiro atoms. The zero-order chi connectivity index (χ0) is 22.2. The van der Waals surface area contributed by atoms with Gasteiger partial charge in [-0.3, -0.25) is 13.8 Å². The van der Waals surface area contributed by atoms with Crippen molar-refractivity contribution in [2.45, 2.75) is 71.3 Å². The van der Waals surface area contributed by atoms with Crippen LogP contribution in [0.1, 0.15) is 65.2 Å². The molecule has 0 saturated carbocycles. The van der Waals surface area contributed by atoms with E-state index in [1.54, 1.807) is 0 Å². The molecule has 0 aliphatic carbocycles. The molecule has 0 amide bonds. The fraction of sp³-hybridized carbons (Fsp3) is 0.950.